The first-order valence-electron chi connectivity index (χ1n) is 9.33. The predicted molar refractivity (Wildman–Crippen MR) is 103 cm³/mol. The van der Waals surface area contributed by atoms with E-state index in [0.29, 0.717) is 35.8 Å². The van der Waals surface area contributed by atoms with Crippen LogP contribution in [-0.4, -0.2) is 37.7 Å². The number of amides is 2. The van der Waals surface area contributed by atoms with Gasteiger partial charge in [-0.25, -0.2) is 0 Å². The van der Waals surface area contributed by atoms with E-state index in [-0.39, 0.29) is 6.10 Å². The summed E-state index contributed by atoms with van der Waals surface area (Å²) in [5.41, 5.74) is 5.63. The summed E-state index contributed by atoms with van der Waals surface area (Å²) in [5.74, 6) is 0.535. The van der Waals surface area contributed by atoms with Crippen LogP contribution in [0.5, 0.6) is 11.5 Å². The molecule has 1 saturated heterocycles. The average Bonchev–Trinajstić information content (AvgIpc) is 3.25. The zero-order valence-corrected chi connectivity index (χ0v) is 15.8. The minimum Gasteiger partial charge on any atom is -0.494 e. The zero-order valence-electron chi connectivity index (χ0n) is 15.8. The number of hydrogen-bond donors (Lipinski definition) is 2. The summed E-state index contributed by atoms with van der Waals surface area (Å²) in [6, 6.07) is 13.4. The van der Waals surface area contributed by atoms with Crippen LogP contribution < -0.4 is 20.3 Å². The molecule has 7 nitrogen and oxygen atoms in total. The second kappa shape index (κ2) is 9.75. The predicted octanol–water partition coefficient (Wildman–Crippen LogP) is 2.72. The molecule has 3 rings (SSSR count). The summed E-state index contributed by atoms with van der Waals surface area (Å²) in [4.78, 5) is 24.3. The number of hydrogen-bond acceptors (Lipinski definition) is 5. The first kappa shape index (κ1) is 19.7. The van der Waals surface area contributed by atoms with Gasteiger partial charge in [-0.05, 0) is 68.3 Å². The second-order valence-electron chi connectivity index (χ2n) is 6.34. The first-order chi connectivity index (χ1) is 13.7. The van der Waals surface area contributed by atoms with Gasteiger partial charge in [0, 0.05) is 17.7 Å². The minimum absolute atomic E-state index is 0.140. The Labute approximate surface area is 164 Å². The number of nitrogens with one attached hydrogen (secondary N) is 2. The molecule has 2 aromatic carbocycles. The van der Waals surface area contributed by atoms with E-state index in [9.17, 15) is 9.59 Å². The van der Waals surface area contributed by atoms with E-state index in [1.54, 1.807) is 48.5 Å². The maximum Gasteiger partial charge on any atom is 0.269 e. The van der Waals surface area contributed by atoms with E-state index >= 15 is 0 Å². The molecule has 0 bridgehead atoms. The Hall–Kier alpha value is -3.06. The van der Waals surface area contributed by atoms with Crippen LogP contribution in [0.25, 0.3) is 0 Å². The van der Waals surface area contributed by atoms with E-state index < -0.39 is 11.8 Å². The number of carbonyl (C=O) groups excluding carboxylic acids is 2. The lowest BCUT2D eigenvalue weighted by molar-refractivity contribution is 0.0679. The molecule has 1 heterocycles. The van der Waals surface area contributed by atoms with Gasteiger partial charge in [0.25, 0.3) is 11.8 Å². The fourth-order valence-electron chi connectivity index (χ4n) is 2.79. The third-order valence-corrected chi connectivity index (χ3v) is 4.29. The Morgan fingerprint density at radius 2 is 1.46 bits per heavy atom. The van der Waals surface area contributed by atoms with Crippen LogP contribution >= 0.6 is 0 Å². The van der Waals surface area contributed by atoms with Crippen molar-refractivity contribution in [2.24, 2.45) is 0 Å². The van der Waals surface area contributed by atoms with Gasteiger partial charge >= 0.3 is 0 Å². The number of benzene rings is 2. The highest BCUT2D eigenvalue weighted by molar-refractivity contribution is 5.99. The molecular weight excluding hydrogens is 360 g/mol. The molecule has 0 spiro atoms. The lowest BCUT2D eigenvalue weighted by Crippen LogP contribution is -2.41. The van der Waals surface area contributed by atoms with Crippen molar-refractivity contribution >= 4 is 11.8 Å². The molecule has 1 fully saturated rings. The summed E-state index contributed by atoms with van der Waals surface area (Å²) in [6.07, 6.45) is 2.21. The fourth-order valence-corrected chi connectivity index (χ4v) is 2.79. The molecule has 2 amide bonds. The van der Waals surface area contributed by atoms with Gasteiger partial charge in [0.05, 0.1) is 12.7 Å². The van der Waals surface area contributed by atoms with Crippen LogP contribution in [0.1, 0.15) is 40.5 Å². The van der Waals surface area contributed by atoms with Crippen molar-refractivity contribution in [2.45, 2.75) is 25.9 Å². The molecule has 148 valence electrons. The van der Waals surface area contributed by atoms with Gasteiger partial charge in [-0.3, -0.25) is 20.4 Å². The zero-order chi connectivity index (χ0) is 19.8. The van der Waals surface area contributed by atoms with Crippen molar-refractivity contribution in [1.29, 1.82) is 0 Å². The van der Waals surface area contributed by atoms with E-state index in [2.05, 4.69) is 10.9 Å². The molecule has 0 aliphatic carbocycles. The van der Waals surface area contributed by atoms with Gasteiger partial charge < -0.3 is 14.2 Å². The number of rotatable bonds is 7. The Bertz CT molecular complexity index is 783. The summed E-state index contributed by atoms with van der Waals surface area (Å²) < 4.78 is 16.5. The second-order valence-corrected chi connectivity index (χ2v) is 6.34. The van der Waals surface area contributed by atoms with Crippen molar-refractivity contribution in [2.75, 3.05) is 19.8 Å². The van der Waals surface area contributed by atoms with E-state index in [1.165, 1.54) is 0 Å². The van der Waals surface area contributed by atoms with Crippen LogP contribution in [0.4, 0.5) is 0 Å². The molecule has 2 aromatic rings. The maximum absolute atomic E-state index is 12.2. The van der Waals surface area contributed by atoms with E-state index in [0.717, 1.165) is 19.4 Å². The third kappa shape index (κ3) is 5.47. The molecule has 2 N–H and O–H groups in total. The highest BCUT2D eigenvalue weighted by Crippen LogP contribution is 2.16. The van der Waals surface area contributed by atoms with Gasteiger partial charge in [-0.2, -0.15) is 0 Å². The maximum atomic E-state index is 12.2. The summed E-state index contributed by atoms with van der Waals surface area (Å²) in [7, 11) is 0. The van der Waals surface area contributed by atoms with Crippen molar-refractivity contribution in [3.8, 4) is 11.5 Å². The third-order valence-electron chi connectivity index (χ3n) is 4.29. The van der Waals surface area contributed by atoms with Crippen molar-refractivity contribution in [1.82, 2.24) is 10.9 Å². The molecule has 1 aliphatic rings. The smallest absolute Gasteiger partial charge is 0.269 e. The SMILES string of the molecule is CCOc1ccc(C(=O)NNC(=O)c2ccc(OC[C@H]3CCCO3)cc2)cc1. The van der Waals surface area contributed by atoms with Crippen LogP contribution in [0.2, 0.25) is 0 Å². The molecule has 1 aliphatic heterocycles. The van der Waals surface area contributed by atoms with Crippen molar-refractivity contribution in [3.63, 3.8) is 0 Å². The fraction of sp³-hybridized carbons (Fsp3) is 0.333. The number of ether oxygens (including phenoxy) is 3. The summed E-state index contributed by atoms with van der Waals surface area (Å²) in [5, 5.41) is 0. The normalized spacial score (nSPS) is 15.7. The van der Waals surface area contributed by atoms with E-state index in [4.69, 9.17) is 14.2 Å². The number of hydrazine groups is 1. The molecule has 1 atom stereocenters. The lowest BCUT2D eigenvalue weighted by atomic mass is 10.2. The quantitative estimate of drug-likeness (QED) is 0.717. The van der Waals surface area contributed by atoms with Crippen LogP contribution in [-0.2, 0) is 4.74 Å². The molecule has 0 unspecified atom stereocenters. The largest absolute Gasteiger partial charge is 0.494 e. The highest BCUT2D eigenvalue weighted by atomic mass is 16.5. The molecule has 28 heavy (non-hydrogen) atoms. The Morgan fingerprint density at radius 3 is 1.93 bits per heavy atom. The molecule has 0 radical (unpaired) electrons. The molecular formula is C21H24N2O5. The van der Waals surface area contributed by atoms with Crippen LogP contribution in [0.3, 0.4) is 0 Å². The monoisotopic (exact) mass is 384 g/mol. The Balaban J connectivity index is 1.46. The molecule has 0 aromatic heterocycles. The summed E-state index contributed by atoms with van der Waals surface area (Å²) >= 11 is 0. The number of carbonyl (C=O) groups is 2. The molecule has 0 saturated carbocycles. The summed E-state index contributed by atoms with van der Waals surface area (Å²) in [6.45, 7) is 3.73. The van der Waals surface area contributed by atoms with Crippen LogP contribution in [0.15, 0.2) is 48.5 Å². The van der Waals surface area contributed by atoms with Crippen LogP contribution in [0, 0.1) is 0 Å². The standard InChI is InChI=1S/C21H24N2O5/c1-2-26-17-9-5-15(6-10-17)20(24)22-23-21(25)16-7-11-18(12-8-16)28-14-19-4-3-13-27-19/h5-12,19H,2-4,13-14H2,1H3,(H,22,24)(H,23,25)/t19-/m1/s1. The minimum atomic E-state index is -0.412. The molecule has 7 heteroatoms. The van der Waals surface area contributed by atoms with Gasteiger partial charge in [-0.1, -0.05) is 0 Å². The van der Waals surface area contributed by atoms with Crippen molar-refractivity contribution < 1.29 is 23.8 Å². The highest BCUT2D eigenvalue weighted by Gasteiger charge is 2.16. The van der Waals surface area contributed by atoms with Crippen molar-refractivity contribution in [3.05, 3.63) is 59.7 Å². The van der Waals surface area contributed by atoms with Gasteiger partial charge in [0.15, 0.2) is 0 Å². The average molecular weight is 384 g/mol. The van der Waals surface area contributed by atoms with Gasteiger partial charge in [0.2, 0.25) is 0 Å². The van der Waals surface area contributed by atoms with E-state index in [1.807, 2.05) is 6.92 Å². The van der Waals surface area contributed by atoms with Gasteiger partial charge in [-0.15, -0.1) is 0 Å². The lowest BCUT2D eigenvalue weighted by Gasteiger charge is -2.12. The Morgan fingerprint density at radius 1 is 0.929 bits per heavy atom. The first-order valence-corrected chi connectivity index (χ1v) is 9.33. The van der Waals surface area contributed by atoms with Gasteiger partial charge in [0.1, 0.15) is 18.1 Å². The topological polar surface area (TPSA) is 85.9 Å². The Kier molecular flexibility index (Phi) is 6.86.